The highest BCUT2D eigenvalue weighted by molar-refractivity contribution is 5.72. The van der Waals surface area contributed by atoms with Gasteiger partial charge in [0, 0.05) is 19.5 Å². The van der Waals surface area contributed by atoms with Crippen LogP contribution in [0.5, 0.6) is 0 Å². The second kappa shape index (κ2) is 6.68. The van der Waals surface area contributed by atoms with Gasteiger partial charge in [-0.15, -0.1) is 0 Å². The fourth-order valence-corrected chi connectivity index (χ4v) is 1.86. The summed E-state index contributed by atoms with van der Waals surface area (Å²) in [5, 5.41) is 13.7. The molecule has 0 heterocycles. The number of nitrogens with zero attached hydrogens (tertiary/aromatic N) is 1. The topological polar surface area (TPSA) is 72.2 Å². The summed E-state index contributed by atoms with van der Waals surface area (Å²) in [6.45, 7) is 5.68. The van der Waals surface area contributed by atoms with Crippen molar-refractivity contribution in [3.63, 3.8) is 0 Å². The highest BCUT2D eigenvalue weighted by Crippen LogP contribution is 2.25. The van der Waals surface area contributed by atoms with Crippen molar-refractivity contribution in [3.05, 3.63) is 45.0 Å². The molecule has 1 N–H and O–H groups in total. The fourth-order valence-electron chi connectivity index (χ4n) is 1.86. The van der Waals surface area contributed by atoms with E-state index in [0.29, 0.717) is 18.5 Å². The van der Waals surface area contributed by atoms with E-state index in [9.17, 15) is 14.9 Å². The number of hydrogen-bond donors (Lipinski definition) is 1. The van der Waals surface area contributed by atoms with Gasteiger partial charge in [0.1, 0.15) is 0 Å². The maximum atomic E-state index is 11.0. The standard InChI is InChI=1S/C14H18N2O3/c1-10-8-11(2)13(14(9-10)16(18)19)6-4-5-7-15-12(3)17/h4,6,8-9H,5,7H2,1-3H3,(H,15,17). The SMILES string of the molecule is CC(=O)NCCC=Cc1c(C)cc(C)cc1[N+](=O)[O-]. The van der Waals surface area contributed by atoms with Gasteiger partial charge >= 0.3 is 0 Å². The van der Waals surface area contributed by atoms with E-state index in [-0.39, 0.29) is 16.5 Å². The van der Waals surface area contributed by atoms with Crippen molar-refractivity contribution in [2.75, 3.05) is 6.54 Å². The molecule has 1 aromatic rings. The molecule has 0 radical (unpaired) electrons. The molecule has 0 spiro atoms. The Balaban J connectivity index is 2.85. The van der Waals surface area contributed by atoms with E-state index in [2.05, 4.69) is 5.32 Å². The van der Waals surface area contributed by atoms with Crippen molar-refractivity contribution in [2.45, 2.75) is 27.2 Å². The Labute approximate surface area is 112 Å². The average Bonchev–Trinajstić information content (AvgIpc) is 2.29. The molecule has 1 rings (SSSR count). The number of carbonyl (C=O) groups excluding carboxylic acids is 1. The van der Waals surface area contributed by atoms with Gasteiger partial charge in [0.15, 0.2) is 0 Å². The molecule has 0 bridgehead atoms. The maximum absolute atomic E-state index is 11.0. The number of carbonyl (C=O) groups is 1. The van der Waals surface area contributed by atoms with Crippen LogP contribution in [0.4, 0.5) is 5.69 Å². The molecule has 5 heteroatoms. The summed E-state index contributed by atoms with van der Waals surface area (Å²) in [5.74, 6) is -0.0779. The average molecular weight is 262 g/mol. The van der Waals surface area contributed by atoms with E-state index in [1.54, 1.807) is 12.1 Å². The zero-order valence-electron chi connectivity index (χ0n) is 11.4. The minimum absolute atomic E-state index is 0.0779. The third kappa shape index (κ3) is 4.54. The van der Waals surface area contributed by atoms with Crippen LogP contribution in [0.3, 0.4) is 0 Å². The van der Waals surface area contributed by atoms with Gasteiger partial charge in [0.25, 0.3) is 5.69 Å². The first-order valence-corrected chi connectivity index (χ1v) is 6.08. The van der Waals surface area contributed by atoms with Gasteiger partial charge in [-0.2, -0.15) is 0 Å². The van der Waals surface area contributed by atoms with Crippen molar-refractivity contribution in [1.29, 1.82) is 0 Å². The maximum Gasteiger partial charge on any atom is 0.277 e. The number of nitro groups is 1. The summed E-state index contributed by atoms with van der Waals surface area (Å²) >= 11 is 0. The molecule has 0 aromatic heterocycles. The van der Waals surface area contributed by atoms with Crippen LogP contribution in [-0.4, -0.2) is 17.4 Å². The fraction of sp³-hybridized carbons (Fsp3) is 0.357. The van der Waals surface area contributed by atoms with Crippen LogP contribution in [0.2, 0.25) is 0 Å². The van der Waals surface area contributed by atoms with E-state index in [1.807, 2.05) is 26.0 Å². The molecule has 19 heavy (non-hydrogen) atoms. The normalized spacial score (nSPS) is 10.7. The van der Waals surface area contributed by atoms with Crippen LogP contribution in [0, 0.1) is 24.0 Å². The summed E-state index contributed by atoms with van der Waals surface area (Å²) in [6.07, 6.45) is 4.22. The van der Waals surface area contributed by atoms with Crippen LogP contribution in [-0.2, 0) is 4.79 Å². The molecular weight excluding hydrogens is 244 g/mol. The minimum atomic E-state index is -0.368. The van der Waals surface area contributed by atoms with Crippen molar-refractivity contribution in [3.8, 4) is 0 Å². The number of aryl methyl sites for hydroxylation is 2. The molecule has 102 valence electrons. The smallest absolute Gasteiger partial charge is 0.277 e. The molecule has 1 amide bonds. The summed E-state index contributed by atoms with van der Waals surface area (Å²) < 4.78 is 0. The third-order valence-electron chi connectivity index (χ3n) is 2.68. The Morgan fingerprint density at radius 3 is 2.68 bits per heavy atom. The molecular formula is C14H18N2O3. The zero-order chi connectivity index (χ0) is 14.4. The van der Waals surface area contributed by atoms with Crippen LogP contribution < -0.4 is 5.32 Å². The first kappa shape index (κ1) is 14.9. The lowest BCUT2D eigenvalue weighted by molar-refractivity contribution is -0.385. The number of amides is 1. The van der Waals surface area contributed by atoms with Gasteiger partial charge in [0.2, 0.25) is 5.91 Å². The van der Waals surface area contributed by atoms with Crippen molar-refractivity contribution < 1.29 is 9.72 Å². The summed E-state index contributed by atoms with van der Waals surface area (Å²) in [7, 11) is 0. The van der Waals surface area contributed by atoms with E-state index in [1.165, 1.54) is 6.92 Å². The zero-order valence-corrected chi connectivity index (χ0v) is 11.4. The van der Waals surface area contributed by atoms with Crippen LogP contribution in [0.1, 0.15) is 30.0 Å². The second-order valence-electron chi connectivity index (χ2n) is 4.45. The van der Waals surface area contributed by atoms with E-state index >= 15 is 0 Å². The van der Waals surface area contributed by atoms with Gasteiger partial charge in [-0.05, 0) is 31.4 Å². The molecule has 0 aliphatic carbocycles. The molecule has 0 atom stereocenters. The van der Waals surface area contributed by atoms with Crippen LogP contribution in [0.25, 0.3) is 6.08 Å². The van der Waals surface area contributed by atoms with Gasteiger partial charge in [0.05, 0.1) is 10.5 Å². The molecule has 0 saturated carbocycles. The number of nitrogens with one attached hydrogen (secondary N) is 1. The third-order valence-corrected chi connectivity index (χ3v) is 2.68. The molecule has 0 aliphatic rings. The van der Waals surface area contributed by atoms with Crippen molar-refractivity contribution in [2.24, 2.45) is 0 Å². The van der Waals surface area contributed by atoms with E-state index in [0.717, 1.165) is 11.1 Å². The van der Waals surface area contributed by atoms with Gasteiger partial charge in [-0.25, -0.2) is 0 Å². The first-order valence-electron chi connectivity index (χ1n) is 6.08. The highest BCUT2D eigenvalue weighted by atomic mass is 16.6. The first-order chi connectivity index (χ1) is 8.91. The number of nitro benzene ring substituents is 1. The predicted molar refractivity (Wildman–Crippen MR) is 74.9 cm³/mol. The molecule has 0 saturated heterocycles. The molecule has 1 aromatic carbocycles. The van der Waals surface area contributed by atoms with Crippen LogP contribution in [0.15, 0.2) is 18.2 Å². The minimum Gasteiger partial charge on any atom is -0.356 e. The summed E-state index contributed by atoms with van der Waals surface area (Å²) in [4.78, 5) is 21.3. The number of benzene rings is 1. The van der Waals surface area contributed by atoms with Crippen molar-refractivity contribution in [1.82, 2.24) is 5.32 Å². The Bertz CT molecular complexity index is 522. The summed E-state index contributed by atoms with van der Waals surface area (Å²) in [6, 6.07) is 3.49. The summed E-state index contributed by atoms with van der Waals surface area (Å²) in [5.41, 5.74) is 2.49. The predicted octanol–water partition coefficient (Wildman–Crippen LogP) is 2.75. The Morgan fingerprint density at radius 2 is 2.11 bits per heavy atom. The monoisotopic (exact) mass is 262 g/mol. The van der Waals surface area contributed by atoms with Gasteiger partial charge in [-0.3, -0.25) is 14.9 Å². The Morgan fingerprint density at radius 1 is 1.42 bits per heavy atom. The second-order valence-corrected chi connectivity index (χ2v) is 4.45. The Hall–Kier alpha value is -2.17. The number of rotatable bonds is 5. The lowest BCUT2D eigenvalue weighted by Crippen LogP contribution is -2.20. The van der Waals surface area contributed by atoms with E-state index in [4.69, 9.17) is 0 Å². The lowest BCUT2D eigenvalue weighted by atomic mass is 10.0. The molecule has 0 unspecified atom stereocenters. The van der Waals surface area contributed by atoms with Crippen molar-refractivity contribution >= 4 is 17.7 Å². The van der Waals surface area contributed by atoms with Gasteiger partial charge < -0.3 is 5.32 Å². The van der Waals surface area contributed by atoms with E-state index < -0.39 is 0 Å². The molecule has 0 aliphatic heterocycles. The largest absolute Gasteiger partial charge is 0.356 e. The molecule has 0 fully saturated rings. The van der Waals surface area contributed by atoms with Gasteiger partial charge in [-0.1, -0.05) is 18.2 Å². The number of hydrogen-bond acceptors (Lipinski definition) is 3. The highest BCUT2D eigenvalue weighted by Gasteiger charge is 2.14. The lowest BCUT2D eigenvalue weighted by Gasteiger charge is -2.04. The quantitative estimate of drug-likeness (QED) is 0.504. The molecule has 5 nitrogen and oxygen atoms in total. The Kier molecular flexibility index (Phi) is 5.23. The van der Waals surface area contributed by atoms with Crippen LogP contribution >= 0.6 is 0 Å².